The Morgan fingerprint density at radius 2 is 1.42 bits per heavy atom. The number of rotatable bonds is 17. The van der Waals surface area contributed by atoms with Gasteiger partial charge in [-0.25, -0.2) is 10.2 Å². The number of para-hydroxylation sites is 1. The Morgan fingerprint density at radius 3 is 2.12 bits per heavy atom. The summed E-state index contributed by atoms with van der Waals surface area (Å²) in [7, 11) is 1.25. The van der Waals surface area contributed by atoms with Crippen LogP contribution in [0.4, 0.5) is 0 Å². The molecule has 0 saturated heterocycles. The topological polar surface area (TPSA) is 161 Å². The molecule has 228 valence electrons. The number of hydrogen-bond acceptors (Lipinski definition) is 8. The van der Waals surface area contributed by atoms with Gasteiger partial charge in [0, 0.05) is 6.42 Å². The number of carbonyl (C=O) groups excluding carboxylic acids is 4. The van der Waals surface area contributed by atoms with Gasteiger partial charge in [-0.2, -0.15) is 0 Å². The van der Waals surface area contributed by atoms with E-state index in [4.69, 9.17) is 15.2 Å². The number of esters is 1. The van der Waals surface area contributed by atoms with Crippen molar-refractivity contribution >= 4 is 23.7 Å². The SMILES string of the molecule is COC(=O)[C@H](Cc1ccccc1)NC(=O)CNNC(=O)C(CCCCN)NC(=O)Cc1cccc(Oc2ccccc2)c1. The summed E-state index contributed by atoms with van der Waals surface area (Å²) in [6.45, 7) is 0.158. The van der Waals surface area contributed by atoms with Crippen molar-refractivity contribution in [3.05, 3.63) is 96.1 Å². The zero-order valence-corrected chi connectivity index (χ0v) is 24.2. The minimum Gasteiger partial charge on any atom is -0.467 e. The van der Waals surface area contributed by atoms with E-state index in [-0.39, 0.29) is 25.3 Å². The van der Waals surface area contributed by atoms with Crippen molar-refractivity contribution in [2.45, 2.75) is 44.2 Å². The number of hydrazine groups is 1. The van der Waals surface area contributed by atoms with Crippen molar-refractivity contribution in [2.24, 2.45) is 5.73 Å². The Balaban J connectivity index is 1.51. The molecule has 11 nitrogen and oxygen atoms in total. The Hall–Kier alpha value is -4.74. The summed E-state index contributed by atoms with van der Waals surface area (Å²) in [5.41, 5.74) is 12.2. The number of unbranched alkanes of at least 4 members (excludes halogenated alkanes) is 1. The van der Waals surface area contributed by atoms with Gasteiger partial charge in [0.1, 0.15) is 23.6 Å². The largest absolute Gasteiger partial charge is 0.467 e. The van der Waals surface area contributed by atoms with E-state index in [2.05, 4.69) is 21.5 Å². The number of nitrogens with two attached hydrogens (primary N) is 1. The summed E-state index contributed by atoms with van der Waals surface area (Å²) in [6, 6.07) is 24.0. The van der Waals surface area contributed by atoms with Gasteiger partial charge in [-0.15, -0.1) is 0 Å². The zero-order valence-electron chi connectivity index (χ0n) is 24.2. The third kappa shape index (κ3) is 12.0. The molecule has 2 atom stereocenters. The summed E-state index contributed by atoms with van der Waals surface area (Å²) in [4.78, 5) is 50.6. The van der Waals surface area contributed by atoms with E-state index in [1.54, 1.807) is 24.3 Å². The quantitative estimate of drug-likeness (QED) is 0.0910. The molecule has 0 spiro atoms. The lowest BCUT2D eigenvalue weighted by Crippen LogP contribution is -2.54. The second kappa shape index (κ2) is 17.9. The number of methoxy groups -OCH3 is 1. The fourth-order valence-electron chi connectivity index (χ4n) is 4.27. The van der Waals surface area contributed by atoms with Crippen LogP contribution >= 0.6 is 0 Å². The molecule has 3 aromatic rings. The van der Waals surface area contributed by atoms with Gasteiger partial charge < -0.3 is 25.8 Å². The Kier molecular flexibility index (Phi) is 13.7. The first-order valence-corrected chi connectivity index (χ1v) is 14.1. The van der Waals surface area contributed by atoms with E-state index in [1.807, 2.05) is 60.7 Å². The van der Waals surface area contributed by atoms with E-state index in [0.29, 0.717) is 37.3 Å². The van der Waals surface area contributed by atoms with Crippen LogP contribution in [-0.4, -0.2) is 56.0 Å². The smallest absolute Gasteiger partial charge is 0.328 e. The lowest BCUT2D eigenvalue weighted by molar-refractivity contribution is -0.145. The van der Waals surface area contributed by atoms with Gasteiger partial charge in [-0.05, 0) is 61.2 Å². The molecular weight excluding hydrogens is 550 g/mol. The molecule has 6 N–H and O–H groups in total. The first kappa shape index (κ1) is 32.8. The van der Waals surface area contributed by atoms with E-state index >= 15 is 0 Å². The molecule has 3 amide bonds. The Morgan fingerprint density at radius 1 is 0.767 bits per heavy atom. The van der Waals surface area contributed by atoms with Gasteiger partial charge in [0.25, 0.3) is 5.91 Å². The number of amides is 3. The van der Waals surface area contributed by atoms with Crippen molar-refractivity contribution in [1.82, 2.24) is 21.5 Å². The fourth-order valence-corrected chi connectivity index (χ4v) is 4.27. The van der Waals surface area contributed by atoms with Crippen molar-refractivity contribution in [1.29, 1.82) is 0 Å². The summed E-state index contributed by atoms with van der Waals surface area (Å²) in [5, 5.41) is 5.40. The Bertz CT molecular complexity index is 1320. The van der Waals surface area contributed by atoms with E-state index < -0.39 is 29.9 Å². The van der Waals surface area contributed by atoms with Gasteiger partial charge in [-0.3, -0.25) is 19.8 Å². The van der Waals surface area contributed by atoms with Crippen LogP contribution in [0.5, 0.6) is 11.5 Å². The first-order valence-electron chi connectivity index (χ1n) is 14.1. The van der Waals surface area contributed by atoms with Crippen molar-refractivity contribution < 1.29 is 28.7 Å². The van der Waals surface area contributed by atoms with E-state index in [1.165, 1.54) is 7.11 Å². The molecule has 43 heavy (non-hydrogen) atoms. The van der Waals surface area contributed by atoms with Crippen molar-refractivity contribution in [2.75, 3.05) is 20.2 Å². The highest BCUT2D eigenvalue weighted by molar-refractivity contribution is 5.89. The number of nitrogens with one attached hydrogen (secondary N) is 4. The molecule has 0 aliphatic heterocycles. The minimum absolute atomic E-state index is 0.0405. The van der Waals surface area contributed by atoms with Gasteiger partial charge in [0.2, 0.25) is 11.8 Å². The predicted octanol–water partition coefficient (Wildman–Crippen LogP) is 2.16. The molecule has 11 heteroatoms. The molecule has 3 rings (SSSR count). The maximum Gasteiger partial charge on any atom is 0.328 e. The summed E-state index contributed by atoms with van der Waals surface area (Å²) >= 11 is 0. The fraction of sp³-hybridized carbons (Fsp3) is 0.312. The molecular formula is C32H39N5O6. The minimum atomic E-state index is -0.891. The van der Waals surface area contributed by atoms with Crippen molar-refractivity contribution in [3.63, 3.8) is 0 Å². The van der Waals surface area contributed by atoms with E-state index in [0.717, 1.165) is 11.1 Å². The second-order valence-corrected chi connectivity index (χ2v) is 9.82. The molecule has 3 aromatic carbocycles. The molecule has 0 fully saturated rings. The predicted molar refractivity (Wildman–Crippen MR) is 162 cm³/mol. The molecule has 0 aliphatic carbocycles. The Labute approximate surface area is 251 Å². The molecule has 0 heterocycles. The summed E-state index contributed by atoms with van der Waals surface area (Å²) in [6.07, 6.45) is 1.96. The molecule has 0 aliphatic rings. The van der Waals surface area contributed by atoms with Crippen LogP contribution in [0, 0.1) is 0 Å². The normalized spacial score (nSPS) is 12.0. The lowest BCUT2D eigenvalue weighted by Gasteiger charge is -2.20. The molecule has 1 unspecified atom stereocenters. The standard InChI is InChI=1S/C32H39N5O6/c1-42-32(41)28(20-23-11-4-2-5-12-23)36-30(39)22-34-37-31(40)27(17-8-9-18-33)35-29(38)21-24-13-10-16-26(19-24)43-25-14-6-3-7-15-25/h2-7,10-16,19,27-28,34H,8-9,17-18,20-22,33H2,1H3,(H,35,38)(H,36,39)(H,37,40)/t27?,28-/m0/s1. The van der Waals surface area contributed by atoms with Crippen LogP contribution in [0.2, 0.25) is 0 Å². The van der Waals surface area contributed by atoms with E-state index in [9.17, 15) is 19.2 Å². The first-order chi connectivity index (χ1) is 20.9. The average Bonchev–Trinajstić information content (AvgIpc) is 3.01. The third-order valence-corrected chi connectivity index (χ3v) is 6.40. The van der Waals surface area contributed by atoms with Crippen LogP contribution in [0.3, 0.4) is 0 Å². The van der Waals surface area contributed by atoms with Crippen LogP contribution in [0.1, 0.15) is 30.4 Å². The number of hydrogen-bond donors (Lipinski definition) is 5. The number of benzene rings is 3. The highest BCUT2D eigenvalue weighted by atomic mass is 16.5. The van der Waals surface area contributed by atoms with Gasteiger partial charge in [0.05, 0.1) is 20.1 Å². The molecule has 0 bridgehead atoms. The molecule has 0 aromatic heterocycles. The van der Waals surface area contributed by atoms with Gasteiger partial charge in [-0.1, -0.05) is 60.7 Å². The van der Waals surface area contributed by atoms with Crippen LogP contribution in [0.15, 0.2) is 84.9 Å². The number of ether oxygens (including phenoxy) is 2. The highest BCUT2D eigenvalue weighted by Crippen LogP contribution is 2.22. The number of carbonyl (C=O) groups is 4. The maximum absolute atomic E-state index is 12.9. The zero-order chi connectivity index (χ0) is 30.9. The third-order valence-electron chi connectivity index (χ3n) is 6.40. The summed E-state index contributed by atoms with van der Waals surface area (Å²) in [5.74, 6) is -0.681. The molecule has 0 saturated carbocycles. The summed E-state index contributed by atoms with van der Waals surface area (Å²) < 4.78 is 10.7. The average molecular weight is 590 g/mol. The second-order valence-electron chi connectivity index (χ2n) is 9.82. The lowest BCUT2D eigenvalue weighted by atomic mass is 10.1. The maximum atomic E-state index is 12.9. The van der Waals surface area contributed by atoms with Gasteiger partial charge >= 0.3 is 5.97 Å². The van der Waals surface area contributed by atoms with Crippen LogP contribution in [-0.2, 0) is 36.8 Å². The van der Waals surface area contributed by atoms with Crippen LogP contribution in [0.25, 0.3) is 0 Å². The molecule has 0 radical (unpaired) electrons. The van der Waals surface area contributed by atoms with Crippen molar-refractivity contribution in [3.8, 4) is 11.5 Å². The highest BCUT2D eigenvalue weighted by Gasteiger charge is 2.23. The monoisotopic (exact) mass is 589 g/mol. The van der Waals surface area contributed by atoms with Crippen LogP contribution < -0.4 is 32.0 Å². The van der Waals surface area contributed by atoms with Gasteiger partial charge in [0.15, 0.2) is 0 Å².